The summed E-state index contributed by atoms with van der Waals surface area (Å²) in [5.74, 6) is 3.03. The third-order valence-corrected chi connectivity index (χ3v) is 7.83. The van der Waals surface area contributed by atoms with Crippen LogP contribution in [0.25, 0.3) is 0 Å². The Hall–Kier alpha value is -1.04. The summed E-state index contributed by atoms with van der Waals surface area (Å²) < 4.78 is 21.4. The molecular weight excluding hydrogens is 427 g/mol. The van der Waals surface area contributed by atoms with Crippen LogP contribution < -0.4 is 9.47 Å². The fourth-order valence-electron chi connectivity index (χ4n) is 5.55. The maximum absolute atomic E-state index is 6.40. The van der Waals surface area contributed by atoms with Crippen molar-refractivity contribution in [1.82, 2.24) is 8.75 Å². The van der Waals surface area contributed by atoms with Crippen molar-refractivity contribution in [2.75, 3.05) is 6.61 Å². The fourth-order valence-corrected chi connectivity index (χ4v) is 6.11. The van der Waals surface area contributed by atoms with Crippen LogP contribution in [0.4, 0.5) is 0 Å². The van der Waals surface area contributed by atoms with Crippen LogP contribution in [0.5, 0.6) is 11.8 Å². The van der Waals surface area contributed by atoms with E-state index in [1.54, 1.807) is 0 Å². The van der Waals surface area contributed by atoms with Crippen molar-refractivity contribution >= 4 is 35.7 Å². The molecule has 3 saturated carbocycles. The number of rotatable bonds is 7. The molecule has 158 valence electrons. The summed E-state index contributed by atoms with van der Waals surface area (Å²) in [5, 5.41) is 0.778. The Morgan fingerprint density at radius 3 is 2.38 bits per heavy atom. The maximum atomic E-state index is 6.40. The Labute approximate surface area is 188 Å². The molecule has 0 radical (unpaired) electrons. The molecule has 1 heterocycles. The Kier molecular flexibility index (Phi) is 6.57. The van der Waals surface area contributed by atoms with Gasteiger partial charge in [-0.25, -0.2) is 0 Å². The molecule has 3 aliphatic rings. The van der Waals surface area contributed by atoms with Crippen molar-refractivity contribution in [2.45, 2.75) is 69.3 Å². The van der Waals surface area contributed by atoms with Gasteiger partial charge >= 0.3 is 0 Å². The first-order chi connectivity index (χ1) is 13.7. The molecule has 1 aromatic heterocycles. The van der Waals surface area contributed by atoms with E-state index in [0.717, 1.165) is 23.8 Å². The average Bonchev–Trinajstić information content (AvgIpc) is 3.49. The van der Waals surface area contributed by atoms with Gasteiger partial charge in [-0.2, -0.15) is 0 Å². The van der Waals surface area contributed by atoms with Crippen LogP contribution in [0.1, 0.15) is 69.3 Å². The lowest BCUT2D eigenvalue weighted by Crippen LogP contribution is -2.30. The van der Waals surface area contributed by atoms with Crippen molar-refractivity contribution in [1.29, 1.82) is 0 Å². The molecule has 2 bridgehead atoms. The highest BCUT2D eigenvalue weighted by molar-refractivity contribution is 6.99. The molecule has 1 atom stereocenters. The molecule has 0 saturated heterocycles. The van der Waals surface area contributed by atoms with E-state index in [0.29, 0.717) is 30.2 Å². The Bertz CT molecular complexity index is 799. The summed E-state index contributed by atoms with van der Waals surface area (Å²) >= 11 is 7.29. The molecule has 3 fully saturated rings. The second-order valence-electron chi connectivity index (χ2n) is 8.82. The van der Waals surface area contributed by atoms with E-state index in [1.807, 2.05) is 12.1 Å². The predicted molar refractivity (Wildman–Crippen MR) is 119 cm³/mol. The molecule has 1 unspecified atom stereocenters. The third kappa shape index (κ3) is 4.52. The maximum Gasteiger partial charge on any atom is 0.291 e. The first kappa shape index (κ1) is 21.2. The van der Waals surface area contributed by atoms with Gasteiger partial charge < -0.3 is 9.47 Å². The summed E-state index contributed by atoms with van der Waals surface area (Å²) in [5.41, 5.74) is 1.29. The largest absolute Gasteiger partial charge is 0.473 e. The zero-order chi connectivity index (χ0) is 19.0. The lowest BCUT2D eigenvalue weighted by Gasteiger charge is -2.27. The Morgan fingerprint density at radius 2 is 1.72 bits per heavy atom. The monoisotopic (exact) mass is 454 g/mol. The van der Waals surface area contributed by atoms with Crippen LogP contribution >= 0.6 is 35.7 Å². The van der Waals surface area contributed by atoms with Crippen LogP contribution in [-0.2, 0) is 0 Å². The average molecular weight is 455 g/mol. The molecule has 29 heavy (non-hydrogen) atoms. The van der Waals surface area contributed by atoms with E-state index >= 15 is 0 Å². The van der Waals surface area contributed by atoms with Gasteiger partial charge in [0.2, 0.25) is 0 Å². The molecule has 5 rings (SSSR count). The molecule has 0 N–H and O–H groups in total. The SMILES string of the molecule is Cl.Clc1ccc(C(COc2nsnc2OC23CCC(CC2)C3)C2CCCC2)cc1. The number of halogens is 2. The van der Waals surface area contributed by atoms with Crippen LogP contribution in [0.2, 0.25) is 5.02 Å². The Balaban J connectivity index is 0.00000205. The minimum absolute atomic E-state index is 0. The summed E-state index contributed by atoms with van der Waals surface area (Å²) in [6.45, 7) is 0.615. The molecule has 0 amide bonds. The van der Waals surface area contributed by atoms with Crippen molar-refractivity contribution in [3.05, 3.63) is 34.9 Å². The Morgan fingerprint density at radius 1 is 1.03 bits per heavy atom. The van der Waals surface area contributed by atoms with Gasteiger partial charge in [-0.3, -0.25) is 0 Å². The fraction of sp³-hybridized carbons (Fsp3) is 0.636. The number of benzene rings is 1. The molecule has 7 heteroatoms. The van der Waals surface area contributed by atoms with Crippen molar-refractivity contribution in [3.8, 4) is 11.8 Å². The van der Waals surface area contributed by atoms with E-state index < -0.39 is 0 Å². The van der Waals surface area contributed by atoms with Gasteiger partial charge in [0.1, 0.15) is 5.60 Å². The minimum atomic E-state index is -0.0143. The van der Waals surface area contributed by atoms with E-state index in [4.69, 9.17) is 21.1 Å². The second-order valence-corrected chi connectivity index (χ2v) is 9.79. The van der Waals surface area contributed by atoms with Gasteiger partial charge in [-0.05, 0) is 74.5 Å². The van der Waals surface area contributed by atoms with Crippen LogP contribution in [0.15, 0.2) is 24.3 Å². The number of hydrogen-bond donors (Lipinski definition) is 0. The van der Waals surface area contributed by atoms with E-state index in [1.165, 1.54) is 62.2 Å². The molecule has 1 aromatic carbocycles. The summed E-state index contributed by atoms with van der Waals surface area (Å²) in [6.07, 6.45) is 11.2. The van der Waals surface area contributed by atoms with E-state index in [2.05, 4.69) is 20.9 Å². The minimum Gasteiger partial charge on any atom is -0.473 e. The second kappa shape index (κ2) is 8.99. The van der Waals surface area contributed by atoms with Crippen molar-refractivity contribution in [3.63, 3.8) is 0 Å². The van der Waals surface area contributed by atoms with Crippen molar-refractivity contribution in [2.24, 2.45) is 11.8 Å². The lowest BCUT2D eigenvalue weighted by atomic mass is 9.85. The molecule has 0 spiro atoms. The highest BCUT2D eigenvalue weighted by atomic mass is 35.5. The first-order valence-electron chi connectivity index (χ1n) is 10.6. The third-order valence-electron chi connectivity index (χ3n) is 7.09. The zero-order valence-electron chi connectivity index (χ0n) is 16.5. The van der Waals surface area contributed by atoms with Gasteiger partial charge in [-0.1, -0.05) is 36.6 Å². The van der Waals surface area contributed by atoms with Crippen molar-refractivity contribution < 1.29 is 9.47 Å². The van der Waals surface area contributed by atoms with Crippen LogP contribution in [-0.4, -0.2) is 21.0 Å². The molecule has 0 aliphatic heterocycles. The normalized spacial score (nSPS) is 27.0. The standard InChI is InChI=1S/C22H27ClN2O2S.ClH/c23-18-7-5-17(6-8-18)19(16-3-1-2-4-16)14-26-20-21(25-28-24-20)27-22-11-9-15(13-22)10-12-22;/h5-8,15-16,19H,1-4,9-14H2;1H. The highest BCUT2D eigenvalue weighted by Gasteiger charge is 2.47. The smallest absolute Gasteiger partial charge is 0.291 e. The van der Waals surface area contributed by atoms with Gasteiger partial charge in [0.05, 0.1) is 18.3 Å². The first-order valence-corrected chi connectivity index (χ1v) is 11.7. The van der Waals surface area contributed by atoms with Gasteiger partial charge in [-0.15, -0.1) is 21.2 Å². The molecule has 4 nitrogen and oxygen atoms in total. The zero-order valence-corrected chi connectivity index (χ0v) is 18.9. The van der Waals surface area contributed by atoms with Gasteiger partial charge in [0.15, 0.2) is 0 Å². The quantitative estimate of drug-likeness (QED) is 0.467. The van der Waals surface area contributed by atoms with E-state index in [-0.39, 0.29) is 18.0 Å². The number of ether oxygens (including phenoxy) is 2. The molecule has 3 aliphatic carbocycles. The summed E-state index contributed by atoms with van der Waals surface area (Å²) in [6, 6.07) is 8.24. The number of hydrogen-bond acceptors (Lipinski definition) is 5. The number of fused-ring (bicyclic) bond motifs is 2. The molecular formula is C22H28Cl2N2O2S. The van der Waals surface area contributed by atoms with Gasteiger partial charge in [0.25, 0.3) is 11.8 Å². The van der Waals surface area contributed by atoms with E-state index in [9.17, 15) is 0 Å². The summed E-state index contributed by atoms with van der Waals surface area (Å²) in [7, 11) is 0. The lowest BCUT2D eigenvalue weighted by molar-refractivity contribution is 0.0697. The topological polar surface area (TPSA) is 44.2 Å². The number of nitrogens with zero attached hydrogens (tertiary/aromatic N) is 2. The number of aromatic nitrogens is 2. The summed E-state index contributed by atoms with van der Waals surface area (Å²) in [4.78, 5) is 0. The van der Waals surface area contributed by atoms with Crippen LogP contribution in [0, 0.1) is 11.8 Å². The van der Waals surface area contributed by atoms with Gasteiger partial charge in [0, 0.05) is 10.9 Å². The van der Waals surface area contributed by atoms with Crippen LogP contribution in [0.3, 0.4) is 0 Å². The highest BCUT2D eigenvalue weighted by Crippen LogP contribution is 2.50. The predicted octanol–water partition coefficient (Wildman–Crippen LogP) is 6.68. The molecule has 2 aromatic rings.